The molecule has 0 amide bonds. The van der Waals surface area contributed by atoms with E-state index in [2.05, 4.69) is 0 Å². The molecule has 0 heterocycles. The van der Waals surface area contributed by atoms with E-state index in [0.29, 0.717) is 6.42 Å². The highest BCUT2D eigenvalue weighted by Crippen LogP contribution is 2.27. The highest BCUT2D eigenvalue weighted by atomic mass is 19.1. The monoisotopic (exact) mass is 262 g/mol. The molecular weight excluding hydrogens is 247 g/mol. The van der Waals surface area contributed by atoms with Gasteiger partial charge in [0.2, 0.25) is 0 Å². The van der Waals surface area contributed by atoms with Crippen LogP contribution in [-0.2, 0) is 6.42 Å². The SMILES string of the molecule is Fc1cccc(-c2ccccc2)c1Cc1ccccc1. The molecule has 0 atom stereocenters. The zero-order valence-corrected chi connectivity index (χ0v) is 11.1. The Morgan fingerprint density at radius 2 is 1.30 bits per heavy atom. The van der Waals surface area contributed by atoms with E-state index < -0.39 is 0 Å². The van der Waals surface area contributed by atoms with Crippen molar-refractivity contribution in [2.24, 2.45) is 0 Å². The molecule has 0 saturated heterocycles. The normalized spacial score (nSPS) is 10.4. The van der Waals surface area contributed by atoms with E-state index in [-0.39, 0.29) is 5.82 Å². The Morgan fingerprint density at radius 3 is 2.00 bits per heavy atom. The van der Waals surface area contributed by atoms with Gasteiger partial charge in [0.25, 0.3) is 0 Å². The number of halogens is 1. The van der Waals surface area contributed by atoms with Crippen LogP contribution in [0.4, 0.5) is 4.39 Å². The minimum absolute atomic E-state index is 0.143. The first-order valence-electron chi connectivity index (χ1n) is 6.71. The minimum Gasteiger partial charge on any atom is -0.207 e. The van der Waals surface area contributed by atoms with Crippen LogP contribution in [0, 0.1) is 5.82 Å². The van der Waals surface area contributed by atoms with Gasteiger partial charge < -0.3 is 0 Å². The molecule has 3 aromatic rings. The number of hydrogen-bond donors (Lipinski definition) is 0. The molecule has 0 radical (unpaired) electrons. The van der Waals surface area contributed by atoms with E-state index in [4.69, 9.17) is 0 Å². The molecule has 0 saturated carbocycles. The summed E-state index contributed by atoms with van der Waals surface area (Å²) in [7, 11) is 0. The van der Waals surface area contributed by atoms with Crippen LogP contribution < -0.4 is 0 Å². The highest BCUT2D eigenvalue weighted by Gasteiger charge is 2.10. The van der Waals surface area contributed by atoms with Gasteiger partial charge in [0, 0.05) is 12.0 Å². The highest BCUT2D eigenvalue weighted by molar-refractivity contribution is 5.68. The van der Waals surface area contributed by atoms with Crippen molar-refractivity contribution in [1.29, 1.82) is 0 Å². The third-order valence-electron chi connectivity index (χ3n) is 3.43. The molecule has 0 aliphatic carbocycles. The lowest BCUT2D eigenvalue weighted by molar-refractivity contribution is 0.615. The van der Waals surface area contributed by atoms with Crippen LogP contribution in [0.1, 0.15) is 11.1 Å². The van der Waals surface area contributed by atoms with Crippen molar-refractivity contribution in [1.82, 2.24) is 0 Å². The Morgan fingerprint density at radius 1 is 0.650 bits per heavy atom. The summed E-state index contributed by atoms with van der Waals surface area (Å²) in [6, 6.07) is 25.3. The van der Waals surface area contributed by atoms with E-state index >= 15 is 0 Å². The molecule has 98 valence electrons. The second kappa shape index (κ2) is 5.70. The molecule has 20 heavy (non-hydrogen) atoms. The maximum absolute atomic E-state index is 14.2. The van der Waals surface area contributed by atoms with E-state index in [1.165, 1.54) is 6.07 Å². The van der Waals surface area contributed by atoms with Gasteiger partial charge in [0.1, 0.15) is 5.82 Å². The minimum atomic E-state index is -0.143. The first kappa shape index (κ1) is 12.6. The third kappa shape index (κ3) is 2.62. The Kier molecular flexibility index (Phi) is 3.60. The molecule has 0 aliphatic heterocycles. The van der Waals surface area contributed by atoms with Gasteiger partial charge in [-0.25, -0.2) is 4.39 Å². The van der Waals surface area contributed by atoms with Gasteiger partial charge >= 0.3 is 0 Å². The van der Waals surface area contributed by atoms with Gasteiger partial charge in [0.05, 0.1) is 0 Å². The molecule has 3 aromatic carbocycles. The molecule has 0 fully saturated rings. The topological polar surface area (TPSA) is 0 Å². The van der Waals surface area contributed by atoms with Crippen LogP contribution in [-0.4, -0.2) is 0 Å². The molecule has 0 aromatic heterocycles. The van der Waals surface area contributed by atoms with Gasteiger partial charge in [-0.15, -0.1) is 0 Å². The predicted octanol–water partition coefficient (Wildman–Crippen LogP) is 5.08. The van der Waals surface area contributed by atoms with E-state index in [0.717, 1.165) is 22.3 Å². The Balaban J connectivity index is 2.06. The summed E-state index contributed by atoms with van der Waals surface area (Å²) in [5.74, 6) is -0.143. The zero-order valence-electron chi connectivity index (χ0n) is 11.1. The lowest BCUT2D eigenvalue weighted by atomic mass is 9.94. The molecule has 0 aliphatic rings. The van der Waals surface area contributed by atoms with Crippen LogP contribution in [0.15, 0.2) is 78.9 Å². The van der Waals surface area contributed by atoms with Crippen molar-refractivity contribution in [3.63, 3.8) is 0 Å². The molecule has 0 bridgehead atoms. The van der Waals surface area contributed by atoms with Crippen molar-refractivity contribution in [2.75, 3.05) is 0 Å². The third-order valence-corrected chi connectivity index (χ3v) is 3.43. The van der Waals surface area contributed by atoms with Gasteiger partial charge in [-0.05, 0) is 22.8 Å². The summed E-state index contributed by atoms with van der Waals surface area (Å²) >= 11 is 0. The first-order chi connectivity index (χ1) is 9.84. The van der Waals surface area contributed by atoms with Gasteiger partial charge in [-0.3, -0.25) is 0 Å². The number of benzene rings is 3. The Labute approximate surface area is 118 Å². The molecule has 1 heteroatoms. The zero-order chi connectivity index (χ0) is 13.8. The van der Waals surface area contributed by atoms with Gasteiger partial charge in [-0.2, -0.15) is 0 Å². The molecular formula is C19H15F. The average Bonchev–Trinajstić information content (AvgIpc) is 2.51. The lowest BCUT2D eigenvalue weighted by Gasteiger charge is -2.11. The summed E-state index contributed by atoms with van der Waals surface area (Å²) in [4.78, 5) is 0. The van der Waals surface area contributed by atoms with Crippen LogP contribution in [0.3, 0.4) is 0 Å². The van der Waals surface area contributed by atoms with Crippen LogP contribution >= 0.6 is 0 Å². The van der Waals surface area contributed by atoms with Crippen LogP contribution in [0.5, 0.6) is 0 Å². The van der Waals surface area contributed by atoms with Gasteiger partial charge in [0.15, 0.2) is 0 Å². The molecule has 0 spiro atoms. The number of rotatable bonds is 3. The Hall–Kier alpha value is -2.41. The van der Waals surface area contributed by atoms with Crippen LogP contribution in [0.2, 0.25) is 0 Å². The fourth-order valence-corrected chi connectivity index (χ4v) is 2.43. The van der Waals surface area contributed by atoms with Gasteiger partial charge in [-0.1, -0.05) is 72.8 Å². The largest absolute Gasteiger partial charge is 0.207 e. The van der Waals surface area contributed by atoms with Crippen molar-refractivity contribution in [3.05, 3.63) is 95.8 Å². The molecule has 0 unspecified atom stereocenters. The second-order valence-corrected chi connectivity index (χ2v) is 4.79. The van der Waals surface area contributed by atoms with E-state index in [1.54, 1.807) is 6.07 Å². The molecule has 0 nitrogen and oxygen atoms in total. The fourth-order valence-electron chi connectivity index (χ4n) is 2.43. The smallest absolute Gasteiger partial charge is 0.127 e. The maximum atomic E-state index is 14.2. The molecule has 0 N–H and O–H groups in total. The van der Waals surface area contributed by atoms with Crippen molar-refractivity contribution >= 4 is 0 Å². The summed E-state index contributed by atoms with van der Waals surface area (Å²) in [5.41, 5.74) is 3.90. The quantitative estimate of drug-likeness (QED) is 0.617. The standard InChI is InChI=1S/C19H15F/c20-19-13-7-12-17(16-10-5-2-6-11-16)18(19)14-15-8-3-1-4-9-15/h1-13H,14H2. The van der Waals surface area contributed by atoms with Crippen LogP contribution in [0.25, 0.3) is 11.1 Å². The summed E-state index contributed by atoms with van der Waals surface area (Å²) in [5, 5.41) is 0. The Bertz CT molecular complexity index is 687. The predicted molar refractivity (Wildman–Crippen MR) is 81.1 cm³/mol. The second-order valence-electron chi connectivity index (χ2n) is 4.79. The maximum Gasteiger partial charge on any atom is 0.127 e. The molecule has 3 rings (SSSR count). The fraction of sp³-hybridized carbons (Fsp3) is 0.0526. The first-order valence-corrected chi connectivity index (χ1v) is 6.71. The summed E-state index contributed by atoms with van der Waals surface area (Å²) in [6.45, 7) is 0. The lowest BCUT2D eigenvalue weighted by Crippen LogP contribution is -1.96. The van der Waals surface area contributed by atoms with Crippen molar-refractivity contribution < 1.29 is 4.39 Å². The van der Waals surface area contributed by atoms with E-state index in [1.807, 2.05) is 66.7 Å². The van der Waals surface area contributed by atoms with E-state index in [9.17, 15) is 4.39 Å². The van der Waals surface area contributed by atoms with Crippen molar-refractivity contribution in [3.8, 4) is 11.1 Å². The number of hydrogen-bond acceptors (Lipinski definition) is 0. The summed E-state index contributed by atoms with van der Waals surface area (Å²) in [6.07, 6.45) is 0.609. The summed E-state index contributed by atoms with van der Waals surface area (Å²) < 4.78 is 14.2. The van der Waals surface area contributed by atoms with Crippen molar-refractivity contribution in [2.45, 2.75) is 6.42 Å². The average molecular weight is 262 g/mol.